The molecule has 1 aliphatic heterocycles. The molecule has 6 nitrogen and oxygen atoms in total. The number of rotatable bonds is 7. The van der Waals surface area contributed by atoms with E-state index in [2.05, 4.69) is 44.6 Å². The van der Waals surface area contributed by atoms with Crippen molar-refractivity contribution >= 4 is 17.5 Å². The Morgan fingerprint density at radius 3 is 2.17 bits per heavy atom. The third-order valence-corrected chi connectivity index (χ3v) is 6.78. The first-order valence-corrected chi connectivity index (χ1v) is 12.3. The number of halogens is 1. The molecule has 3 aromatic carbocycles. The summed E-state index contributed by atoms with van der Waals surface area (Å²) in [4.78, 5) is 20.0. The molecule has 0 atom stereocenters. The maximum Gasteiger partial charge on any atom is 0.241 e. The van der Waals surface area contributed by atoms with Gasteiger partial charge in [-0.15, -0.1) is 0 Å². The molecule has 7 heteroatoms. The van der Waals surface area contributed by atoms with Crippen LogP contribution in [0.25, 0.3) is 11.4 Å². The van der Waals surface area contributed by atoms with Gasteiger partial charge in [-0.1, -0.05) is 89.6 Å². The van der Waals surface area contributed by atoms with Crippen molar-refractivity contribution in [2.24, 2.45) is 5.92 Å². The van der Waals surface area contributed by atoms with Crippen molar-refractivity contribution in [3.63, 3.8) is 0 Å². The lowest BCUT2D eigenvalue weighted by Gasteiger charge is -2.31. The van der Waals surface area contributed by atoms with Crippen LogP contribution in [0.3, 0.4) is 0 Å². The Morgan fingerprint density at radius 2 is 1.54 bits per heavy atom. The zero-order valence-corrected chi connectivity index (χ0v) is 20.1. The smallest absolute Gasteiger partial charge is 0.241 e. The summed E-state index contributed by atoms with van der Waals surface area (Å²) in [6.45, 7) is 2.15. The third kappa shape index (κ3) is 5.61. The fourth-order valence-corrected chi connectivity index (χ4v) is 4.75. The number of aromatic nitrogens is 2. The number of benzene rings is 3. The van der Waals surface area contributed by atoms with Gasteiger partial charge in [0.25, 0.3) is 0 Å². The number of hydrogen-bond donors (Lipinski definition) is 1. The second-order valence-electron chi connectivity index (χ2n) is 8.80. The van der Waals surface area contributed by atoms with Crippen LogP contribution in [-0.2, 0) is 11.3 Å². The highest BCUT2D eigenvalue weighted by atomic mass is 35.5. The van der Waals surface area contributed by atoms with E-state index < -0.39 is 0 Å². The highest BCUT2D eigenvalue weighted by molar-refractivity contribution is 6.33. The maximum absolute atomic E-state index is 13.2. The first-order valence-electron chi connectivity index (χ1n) is 11.9. The van der Waals surface area contributed by atoms with Gasteiger partial charge in [-0.25, -0.2) is 0 Å². The molecule has 1 amide bonds. The lowest BCUT2D eigenvalue weighted by Crippen LogP contribution is -2.41. The summed E-state index contributed by atoms with van der Waals surface area (Å²) < 4.78 is 5.46. The predicted octanol–water partition coefficient (Wildman–Crippen LogP) is 5.51. The van der Waals surface area contributed by atoms with E-state index in [0.717, 1.165) is 42.6 Å². The fraction of sp³-hybridized carbons (Fsp3) is 0.250. The molecule has 1 N–H and O–H groups in total. The van der Waals surface area contributed by atoms with E-state index in [1.165, 1.54) is 0 Å². The molecule has 1 aromatic heterocycles. The van der Waals surface area contributed by atoms with Crippen molar-refractivity contribution in [3.8, 4) is 11.4 Å². The van der Waals surface area contributed by atoms with Gasteiger partial charge in [0.05, 0.1) is 17.6 Å². The number of likely N-dealkylation sites (tertiary alicyclic amines) is 1. The maximum atomic E-state index is 13.2. The van der Waals surface area contributed by atoms with Gasteiger partial charge in [-0.3, -0.25) is 9.69 Å². The minimum absolute atomic E-state index is 0.0254. The van der Waals surface area contributed by atoms with Crippen LogP contribution in [0.5, 0.6) is 0 Å². The Hall–Kier alpha value is -3.48. The zero-order chi connectivity index (χ0) is 24.0. The number of carbonyl (C=O) groups excluding carboxylic acids is 1. The topological polar surface area (TPSA) is 71.3 Å². The van der Waals surface area contributed by atoms with E-state index in [4.69, 9.17) is 16.1 Å². The summed E-state index contributed by atoms with van der Waals surface area (Å²) in [5.74, 6) is 1.12. The van der Waals surface area contributed by atoms with Crippen LogP contribution >= 0.6 is 11.6 Å². The molecule has 178 valence electrons. The normalized spacial score (nSPS) is 14.8. The highest BCUT2D eigenvalue weighted by Crippen LogP contribution is 2.27. The Bertz CT molecular complexity index is 1210. The lowest BCUT2D eigenvalue weighted by molar-refractivity contribution is -0.127. The van der Waals surface area contributed by atoms with Crippen LogP contribution in [0.4, 0.5) is 0 Å². The number of nitrogens with one attached hydrogen (secondary N) is 1. The third-order valence-electron chi connectivity index (χ3n) is 6.45. The van der Waals surface area contributed by atoms with Crippen LogP contribution in [-0.4, -0.2) is 34.0 Å². The largest absolute Gasteiger partial charge is 0.345 e. The summed E-state index contributed by atoms with van der Waals surface area (Å²) >= 11 is 6.25. The summed E-state index contributed by atoms with van der Waals surface area (Å²) in [5, 5.41) is 7.98. The van der Waals surface area contributed by atoms with Crippen molar-refractivity contribution in [2.45, 2.75) is 25.4 Å². The molecule has 0 radical (unpaired) electrons. The van der Waals surface area contributed by atoms with Crippen molar-refractivity contribution in [1.29, 1.82) is 0 Å². The van der Waals surface area contributed by atoms with Gasteiger partial charge < -0.3 is 9.84 Å². The summed E-state index contributed by atoms with van der Waals surface area (Å²) in [6, 6.07) is 27.5. The molecule has 1 saturated heterocycles. The molecule has 35 heavy (non-hydrogen) atoms. The average Bonchev–Trinajstić information content (AvgIpc) is 3.37. The molecule has 0 unspecified atom stereocenters. The van der Waals surface area contributed by atoms with E-state index in [1.807, 2.05) is 60.7 Å². The minimum atomic E-state index is -0.162. The molecule has 5 rings (SSSR count). The van der Waals surface area contributed by atoms with Gasteiger partial charge in [0, 0.05) is 11.5 Å². The molecule has 1 fully saturated rings. The van der Waals surface area contributed by atoms with Gasteiger partial charge in [0.1, 0.15) is 0 Å². The second-order valence-corrected chi connectivity index (χ2v) is 9.21. The van der Waals surface area contributed by atoms with Crippen LogP contribution in [0.2, 0.25) is 5.02 Å². The van der Waals surface area contributed by atoms with E-state index in [9.17, 15) is 4.79 Å². The number of amides is 1. The van der Waals surface area contributed by atoms with E-state index in [0.29, 0.717) is 23.3 Å². The van der Waals surface area contributed by atoms with E-state index in [-0.39, 0.29) is 17.9 Å². The molecule has 2 heterocycles. The first kappa shape index (κ1) is 23.3. The van der Waals surface area contributed by atoms with Gasteiger partial charge >= 0.3 is 0 Å². The summed E-state index contributed by atoms with van der Waals surface area (Å²) in [6.07, 6.45) is 1.57. The minimum Gasteiger partial charge on any atom is -0.345 e. The van der Waals surface area contributed by atoms with Crippen LogP contribution in [0.15, 0.2) is 89.5 Å². The van der Waals surface area contributed by atoms with Crippen molar-refractivity contribution in [2.75, 3.05) is 13.1 Å². The number of nitrogens with zero attached hydrogens (tertiary/aromatic N) is 3. The monoisotopic (exact) mass is 486 g/mol. The number of carbonyl (C=O) groups is 1. The lowest BCUT2D eigenvalue weighted by atomic mass is 9.93. The predicted molar refractivity (Wildman–Crippen MR) is 136 cm³/mol. The SMILES string of the molecule is O=C(NC(c1ccccc1)c1ccccc1)C1CCN(Cc2nc(-c3ccccc3Cl)no2)CC1. The highest BCUT2D eigenvalue weighted by Gasteiger charge is 2.28. The van der Waals surface area contributed by atoms with Crippen molar-refractivity contribution in [3.05, 3.63) is 107 Å². The molecule has 1 aliphatic rings. The van der Waals surface area contributed by atoms with Gasteiger partial charge in [0.2, 0.25) is 17.6 Å². The Morgan fingerprint density at radius 1 is 0.943 bits per heavy atom. The number of piperidine rings is 1. The van der Waals surface area contributed by atoms with Crippen LogP contribution in [0.1, 0.15) is 35.9 Å². The summed E-state index contributed by atoms with van der Waals surface area (Å²) in [7, 11) is 0. The van der Waals surface area contributed by atoms with Gasteiger partial charge in [-0.05, 0) is 49.2 Å². The summed E-state index contributed by atoms with van der Waals surface area (Å²) in [5.41, 5.74) is 2.91. The van der Waals surface area contributed by atoms with Gasteiger partial charge in [-0.2, -0.15) is 4.98 Å². The molecule has 0 bridgehead atoms. The Balaban J connectivity index is 1.19. The van der Waals surface area contributed by atoms with E-state index in [1.54, 1.807) is 0 Å². The molecular formula is C28H27ClN4O2. The molecule has 0 spiro atoms. The van der Waals surface area contributed by atoms with E-state index >= 15 is 0 Å². The zero-order valence-electron chi connectivity index (χ0n) is 19.3. The quantitative estimate of drug-likeness (QED) is 0.373. The van der Waals surface area contributed by atoms with Crippen molar-refractivity contribution < 1.29 is 9.32 Å². The standard InChI is InChI=1S/C28H27ClN4O2/c29-24-14-8-7-13-23(24)27-30-25(35-32-27)19-33-17-15-22(16-18-33)28(34)31-26(20-9-3-1-4-10-20)21-11-5-2-6-12-21/h1-14,22,26H,15-19H2,(H,31,34). The fourth-order valence-electron chi connectivity index (χ4n) is 4.53. The van der Waals surface area contributed by atoms with Crippen molar-refractivity contribution in [1.82, 2.24) is 20.4 Å². The van der Waals surface area contributed by atoms with Gasteiger partial charge in [0.15, 0.2) is 0 Å². The molecule has 0 saturated carbocycles. The Labute approximate surface area is 209 Å². The Kier molecular flexibility index (Phi) is 7.21. The van der Waals surface area contributed by atoms with Crippen LogP contribution < -0.4 is 5.32 Å². The average molecular weight is 487 g/mol. The molecule has 4 aromatic rings. The second kappa shape index (κ2) is 10.8. The number of hydrogen-bond acceptors (Lipinski definition) is 5. The first-order chi connectivity index (χ1) is 17.2. The molecule has 0 aliphatic carbocycles. The molecular weight excluding hydrogens is 460 g/mol. The van der Waals surface area contributed by atoms with Crippen LogP contribution in [0, 0.1) is 5.92 Å².